The highest BCUT2D eigenvalue weighted by Gasteiger charge is 2.18. The van der Waals surface area contributed by atoms with Crippen molar-refractivity contribution in [2.24, 2.45) is 0 Å². The van der Waals surface area contributed by atoms with Gasteiger partial charge in [0, 0.05) is 17.1 Å². The van der Waals surface area contributed by atoms with E-state index in [2.05, 4.69) is 10.6 Å². The molecule has 0 bridgehead atoms. The van der Waals surface area contributed by atoms with Gasteiger partial charge in [-0.2, -0.15) is 0 Å². The molecule has 0 aliphatic carbocycles. The molecule has 2 aromatic rings. The lowest BCUT2D eigenvalue weighted by molar-refractivity contribution is -0.122. The average Bonchev–Trinajstić information content (AvgIpc) is 2.60. The zero-order valence-corrected chi connectivity index (χ0v) is 16.4. The van der Waals surface area contributed by atoms with Crippen LogP contribution in [0.15, 0.2) is 36.4 Å². The van der Waals surface area contributed by atoms with E-state index in [0.717, 1.165) is 0 Å². The van der Waals surface area contributed by atoms with Gasteiger partial charge in [0.1, 0.15) is 5.75 Å². The number of amides is 2. The normalized spacial score (nSPS) is 11.6. The van der Waals surface area contributed by atoms with E-state index in [1.54, 1.807) is 44.2 Å². The first-order valence-corrected chi connectivity index (χ1v) is 8.95. The largest absolute Gasteiger partial charge is 0.479 e. The minimum atomic E-state index is -0.835. The molecule has 5 nitrogen and oxygen atoms in total. The van der Waals surface area contributed by atoms with Gasteiger partial charge in [-0.05, 0) is 43.3 Å². The standard InChI is InChI=1S/C18H17Cl3N2O3/c1-3-17(24)22-12-5-6-13(20)15(9-12)23-18(25)10(2)26-16-7-4-11(19)8-14(16)21/h4-10H,3H2,1-2H3,(H,22,24)(H,23,25). The molecule has 0 radical (unpaired) electrons. The van der Waals surface area contributed by atoms with Crippen LogP contribution in [0.5, 0.6) is 5.75 Å². The van der Waals surface area contributed by atoms with Crippen LogP contribution in [0, 0.1) is 0 Å². The molecular weight excluding hydrogens is 399 g/mol. The number of halogens is 3. The summed E-state index contributed by atoms with van der Waals surface area (Å²) in [6.45, 7) is 3.33. The maximum Gasteiger partial charge on any atom is 0.265 e. The second-order valence-electron chi connectivity index (χ2n) is 5.42. The molecule has 138 valence electrons. The highest BCUT2D eigenvalue weighted by molar-refractivity contribution is 6.35. The Morgan fingerprint density at radius 2 is 1.77 bits per heavy atom. The van der Waals surface area contributed by atoms with E-state index in [1.807, 2.05) is 0 Å². The Labute approximate surface area is 166 Å². The monoisotopic (exact) mass is 414 g/mol. The Morgan fingerprint density at radius 3 is 2.42 bits per heavy atom. The molecule has 0 aliphatic heterocycles. The van der Waals surface area contributed by atoms with Gasteiger partial charge in [-0.1, -0.05) is 41.7 Å². The molecule has 26 heavy (non-hydrogen) atoms. The summed E-state index contributed by atoms with van der Waals surface area (Å²) in [7, 11) is 0. The molecule has 0 fully saturated rings. The van der Waals surface area contributed by atoms with Gasteiger partial charge in [0.15, 0.2) is 6.10 Å². The third-order valence-corrected chi connectivity index (χ3v) is 4.26. The van der Waals surface area contributed by atoms with Gasteiger partial charge < -0.3 is 15.4 Å². The highest BCUT2D eigenvalue weighted by Crippen LogP contribution is 2.29. The van der Waals surface area contributed by atoms with Crippen molar-refractivity contribution in [2.45, 2.75) is 26.4 Å². The second-order valence-corrected chi connectivity index (χ2v) is 6.67. The maximum absolute atomic E-state index is 12.4. The molecule has 2 amide bonds. The van der Waals surface area contributed by atoms with Gasteiger partial charge in [-0.25, -0.2) is 0 Å². The molecule has 0 aromatic heterocycles. The Hall–Kier alpha value is -1.95. The number of hydrogen-bond donors (Lipinski definition) is 2. The Morgan fingerprint density at radius 1 is 1.04 bits per heavy atom. The van der Waals surface area contributed by atoms with Crippen molar-refractivity contribution in [1.82, 2.24) is 0 Å². The molecule has 8 heteroatoms. The van der Waals surface area contributed by atoms with E-state index in [1.165, 1.54) is 6.07 Å². The predicted molar refractivity (Wildman–Crippen MR) is 106 cm³/mol. The molecule has 0 saturated heterocycles. The maximum atomic E-state index is 12.4. The van der Waals surface area contributed by atoms with Crippen molar-refractivity contribution >= 4 is 58.0 Å². The fourth-order valence-electron chi connectivity index (χ4n) is 2.00. The smallest absolute Gasteiger partial charge is 0.265 e. The van der Waals surface area contributed by atoms with E-state index in [4.69, 9.17) is 39.5 Å². The first-order chi connectivity index (χ1) is 12.3. The number of carbonyl (C=O) groups is 2. The summed E-state index contributed by atoms with van der Waals surface area (Å²) in [5.41, 5.74) is 0.897. The van der Waals surface area contributed by atoms with E-state index >= 15 is 0 Å². The van der Waals surface area contributed by atoms with Crippen molar-refractivity contribution < 1.29 is 14.3 Å². The average molecular weight is 416 g/mol. The summed E-state index contributed by atoms with van der Waals surface area (Å²) in [5.74, 6) is -0.218. The van der Waals surface area contributed by atoms with E-state index in [-0.39, 0.29) is 5.91 Å². The van der Waals surface area contributed by atoms with E-state index in [9.17, 15) is 9.59 Å². The minimum absolute atomic E-state index is 0.140. The summed E-state index contributed by atoms with van der Waals surface area (Å²) in [6, 6.07) is 9.55. The number of hydrogen-bond acceptors (Lipinski definition) is 3. The molecule has 2 rings (SSSR count). The number of nitrogens with one attached hydrogen (secondary N) is 2. The van der Waals surface area contributed by atoms with Crippen LogP contribution in [0.1, 0.15) is 20.3 Å². The molecule has 1 atom stereocenters. The van der Waals surface area contributed by atoms with Crippen molar-refractivity contribution in [3.63, 3.8) is 0 Å². The Balaban J connectivity index is 2.08. The van der Waals surface area contributed by atoms with Crippen LogP contribution in [0.2, 0.25) is 15.1 Å². The molecule has 0 heterocycles. The third kappa shape index (κ3) is 5.53. The first-order valence-electron chi connectivity index (χ1n) is 7.82. The van der Waals surface area contributed by atoms with Crippen LogP contribution < -0.4 is 15.4 Å². The van der Waals surface area contributed by atoms with Gasteiger partial charge in [0.25, 0.3) is 5.91 Å². The molecule has 0 saturated carbocycles. The number of anilines is 2. The Bertz CT molecular complexity index is 827. The molecule has 1 unspecified atom stereocenters. The summed E-state index contributed by atoms with van der Waals surface area (Å²) < 4.78 is 5.57. The molecule has 0 spiro atoms. The predicted octanol–water partition coefficient (Wildman–Crippen LogP) is 5.40. The molecule has 2 aromatic carbocycles. The quantitative estimate of drug-likeness (QED) is 0.663. The fourth-order valence-corrected chi connectivity index (χ4v) is 2.62. The van der Waals surface area contributed by atoms with Crippen molar-refractivity contribution in [3.05, 3.63) is 51.5 Å². The summed E-state index contributed by atoms with van der Waals surface area (Å²) in [5, 5.41) is 6.49. The van der Waals surface area contributed by atoms with Gasteiger partial charge >= 0.3 is 0 Å². The topological polar surface area (TPSA) is 67.4 Å². The van der Waals surface area contributed by atoms with Gasteiger partial charge in [0.05, 0.1) is 15.7 Å². The van der Waals surface area contributed by atoms with Crippen LogP contribution >= 0.6 is 34.8 Å². The SMILES string of the molecule is CCC(=O)Nc1ccc(Cl)c(NC(=O)C(C)Oc2ccc(Cl)cc2Cl)c1. The van der Waals surface area contributed by atoms with Crippen molar-refractivity contribution in [2.75, 3.05) is 10.6 Å². The lowest BCUT2D eigenvalue weighted by Gasteiger charge is -2.17. The lowest BCUT2D eigenvalue weighted by atomic mass is 10.2. The third-order valence-electron chi connectivity index (χ3n) is 3.40. The lowest BCUT2D eigenvalue weighted by Crippen LogP contribution is -2.30. The first kappa shape index (κ1) is 20.4. The number of rotatable bonds is 6. The molecular formula is C18H17Cl3N2O3. The zero-order valence-electron chi connectivity index (χ0n) is 14.1. The fraction of sp³-hybridized carbons (Fsp3) is 0.222. The van der Waals surface area contributed by atoms with E-state index < -0.39 is 12.0 Å². The van der Waals surface area contributed by atoms with Gasteiger partial charge in [-0.15, -0.1) is 0 Å². The van der Waals surface area contributed by atoms with Crippen LogP contribution in [0.25, 0.3) is 0 Å². The zero-order chi connectivity index (χ0) is 19.3. The van der Waals surface area contributed by atoms with Gasteiger partial charge in [-0.3, -0.25) is 9.59 Å². The van der Waals surface area contributed by atoms with Crippen LogP contribution in [0.3, 0.4) is 0 Å². The van der Waals surface area contributed by atoms with Crippen LogP contribution in [-0.4, -0.2) is 17.9 Å². The van der Waals surface area contributed by atoms with Gasteiger partial charge in [0.2, 0.25) is 5.91 Å². The van der Waals surface area contributed by atoms with Crippen molar-refractivity contribution in [1.29, 1.82) is 0 Å². The van der Waals surface area contributed by atoms with Crippen LogP contribution in [0.4, 0.5) is 11.4 Å². The number of benzene rings is 2. The number of carbonyl (C=O) groups excluding carboxylic acids is 2. The minimum Gasteiger partial charge on any atom is -0.479 e. The highest BCUT2D eigenvalue weighted by atomic mass is 35.5. The molecule has 0 aliphatic rings. The van der Waals surface area contributed by atoms with E-state index in [0.29, 0.717) is 38.6 Å². The second kappa shape index (κ2) is 9.12. The Kier molecular flexibility index (Phi) is 7.14. The van der Waals surface area contributed by atoms with Crippen molar-refractivity contribution in [3.8, 4) is 5.75 Å². The number of ether oxygens (including phenoxy) is 1. The van der Waals surface area contributed by atoms with Crippen LogP contribution in [-0.2, 0) is 9.59 Å². The summed E-state index contributed by atoms with van der Waals surface area (Å²) in [4.78, 5) is 23.9. The molecule has 2 N–H and O–H groups in total. The summed E-state index contributed by atoms with van der Waals surface area (Å²) >= 11 is 18.0. The summed E-state index contributed by atoms with van der Waals surface area (Å²) in [6.07, 6.45) is -0.490.